The Kier molecular flexibility index (Phi) is 10.9. The van der Waals surface area contributed by atoms with Crippen LogP contribution in [0.2, 0.25) is 0 Å². The van der Waals surface area contributed by atoms with E-state index in [1.807, 2.05) is 0 Å². The summed E-state index contributed by atoms with van der Waals surface area (Å²) in [5.41, 5.74) is -2.52. The average Bonchev–Trinajstić information content (AvgIpc) is 2.75. The fraction of sp³-hybridized carbons (Fsp3) is 0.667. The highest BCUT2D eigenvalue weighted by atomic mass is 19.3. The molecule has 0 aliphatic carbocycles. The predicted molar refractivity (Wildman–Crippen MR) is 89.2 cm³/mol. The molecule has 0 amide bonds. The Labute approximate surface area is 184 Å². The summed E-state index contributed by atoms with van der Waals surface area (Å²) in [6, 6.07) is 7.43. The summed E-state index contributed by atoms with van der Waals surface area (Å²) >= 11 is 0. The molecule has 0 fully saturated rings. The van der Waals surface area contributed by atoms with Gasteiger partial charge in [-0.1, -0.05) is 30.3 Å². The van der Waals surface area contributed by atoms with E-state index < -0.39 is 76.1 Å². The van der Waals surface area contributed by atoms with E-state index in [9.17, 15) is 52.7 Å². The minimum atomic E-state index is -5.26. The van der Waals surface area contributed by atoms with Crippen molar-refractivity contribution >= 4 is 0 Å². The maximum Gasteiger partial charge on any atom is 0.416 e. The van der Waals surface area contributed by atoms with Crippen molar-refractivity contribution in [3.63, 3.8) is 0 Å². The number of hydrogen-bond donors (Lipinski definition) is 0. The van der Waals surface area contributed by atoms with Crippen LogP contribution < -0.4 is 0 Å². The molecule has 0 saturated carbocycles. The highest BCUT2D eigenvalue weighted by molar-refractivity contribution is 5.13. The first-order valence-corrected chi connectivity index (χ1v) is 9.04. The largest absolute Gasteiger partial charge is 0.416 e. The molecule has 0 heterocycles. The van der Waals surface area contributed by atoms with E-state index in [2.05, 4.69) is 14.2 Å². The third kappa shape index (κ3) is 9.46. The van der Waals surface area contributed by atoms with Gasteiger partial charge in [0.25, 0.3) is 0 Å². The second-order valence-electron chi connectivity index (χ2n) is 6.93. The van der Waals surface area contributed by atoms with Crippen LogP contribution in [0.25, 0.3) is 0 Å². The number of ether oxygens (including phenoxy) is 4. The second kappa shape index (κ2) is 12.3. The molecule has 16 heteroatoms. The maximum absolute atomic E-state index is 13.2. The first-order chi connectivity index (χ1) is 15.5. The minimum Gasteiger partial charge on any atom is -0.376 e. The van der Waals surface area contributed by atoms with Crippen LogP contribution in [-0.4, -0.2) is 64.0 Å². The van der Waals surface area contributed by atoms with Gasteiger partial charge in [0.1, 0.15) is 0 Å². The van der Waals surface area contributed by atoms with Crippen molar-refractivity contribution < 1.29 is 71.6 Å². The summed E-state index contributed by atoms with van der Waals surface area (Å²) < 4.78 is 170. The van der Waals surface area contributed by atoms with Crippen LogP contribution >= 0.6 is 0 Å². The van der Waals surface area contributed by atoms with Crippen LogP contribution in [0.3, 0.4) is 0 Å². The Morgan fingerprint density at radius 2 is 0.912 bits per heavy atom. The smallest absolute Gasteiger partial charge is 0.376 e. The van der Waals surface area contributed by atoms with Crippen molar-refractivity contribution in [2.24, 2.45) is 5.41 Å². The molecule has 0 N–H and O–H groups in total. The monoisotopic (exact) mass is 526 g/mol. The van der Waals surface area contributed by atoms with Gasteiger partial charge in [-0.3, -0.25) is 0 Å². The van der Waals surface area contributed by atoms with Gasteiger partial charge in [0.2, 0.25) is 0 Å². The summed E-state index contributed by atoms with van der Waals surface area (Å²) in [5.74, 6) is 0. The first-order valence-electron chi connectivity index (χ1n) is 9.04. The van der Waals surface area contributed by atoms with Crippen LogP contribution in [0.1, 0.15) is 5.56 Å². The summed E-state index contributed by atoms with van der Waals surface area (Å²) in [4.78, 5) is 0. The molecule has 34 heavy (non-hydrogen) atoms. The van der Waals surface area contributed by atoms with Crippen molar-refractivity contribution in [1.29, 1.82) is 0 Å². The topological polar surface area (TPSA) is 36.9 Å². The normalized spacial score (nSPS) is 14.0. The first kappa shape index (κ1) is 30.3. The van der Waals surface area contributed by atoms with Crippen LogP contribution in [-0.2, 0) is 25.6 Å². The summed E-state index contributed by atoms with van der Waals surface area (Å²) in [6.45, 7) is -7.32. The lowest BCUT2D eigenvalue weighted by Gasteiger charge is -2.36. The SMILES string of the molecule is FC(F)C(F)(F)OCC(COCc1ccccc1)(COC(F)(F)C(F)F)COC(F)(F)C(F)F. The van der Waals surface area contributed by atoms with E-state index in [0.29, 0.717) is 5.56 Å². The number of hydrogen-bond acceptors (Lipinski definition) is 4. The molecule has 1 rings (SSSR count). The molecule has 4 nitrogen and oxygen atoms in total. The molecule has 0 atom stereocenters. The fourth-order valence-electron chi connectivity index (χ4n) is 2.15. The second-order valence-corrected chi connectivity index (χ2v) is 6.93. The molecule has 0 bridgehead atoms. The van der Waals surface area contributed by atoms with Gasteiger partial charge in [0, 0.05) is 0 Å². The third-order valence-corrected chi connectivity index (χ3v) is 3.99. The molecule has 198 valence electrons. The van der Waals surface area contributed by atoms with Crippen LogP contribution in [0.5, 0.6) is 0 Å². The van der Waals surface area contributed by atoms with Crippen molar-refractivity contribution in [3.8, 4) is 0 Å². The summed E-state index contributed by atoms with van der Waals surface area (Å²) in [5, 5.41) is 0. The van der Waals surface area contributed by atoms with Gasteiger partial charge < -0.3 is 18.9 Å². The molecular weight excluding hydrogens is 508 g/mol. The lowest BCUT2D eigenvalue weighted by atomic mass is 9.92. The highest BCUT2D eigenvalue weighted by Crippen LogP contribution is 2.35. The zero-order valence-corrected chi connectivity index (χ0v) is 16.8. The molecular formula is C18H18F12O4. The summed E-state index contributed by atoms with van der Waals surface area (Å²) in [6.07, 6.45) is -29.2. The lowest BCUT2D eigenvalue weighted by molar-refractivity contribution is -0.350. The van der Waals surface area contributed by atoms with Gasteiger partial charge in [-0.25, -0.2) is 26.3 Å². The quantitative estimate of drug-likeness (QED) is 0.255. The van der Waals surface area contributed by atoms with E-state index in [4.69, 9.17) is 4.74 Å². The third-order valence-electron chi connectivity index (χ3n) is 3.99. The molecule has 0 radical (unpaired) electrons. The van der Waals surface area contributed by atoms with Gasteiger partial charge in [-0.2, -0.15) is 26.3 Å². The number of rotatable bonds is 16. The lowest BCUT2D eigenvalue weighted by Crippen LogP contribution is -2.49. The van der Waals surface area contributed by atoms with Gasteiger partial charge >= 0.3 is 37.6 Å². The van der Waals surface area contributed by atoms with E-state index in [1.165, 1.54) is 24.3 Å². The fourth-order valence-corrected chi connectivity index (χ4v) is 2.15. The van der Waals surface area contributed by atoms with E-state index in [-0.39, 0.29) is 0 Å². The average molecular weight is 526 g/mol. The minimum absolute atomic E-state index is 0.355. The molecule has 0 aromatic heterocycles. The van der Waals surface area contributed by atoms with Gasteiger partial charge in [0.05, 0.1) is 38.4 Å². The standard InChI is InChI=1S/C18H18F12O4/c19-12(20)16(25,26)32-8-15(9-33-17(27,28)13(21)22,10-34-18(29,30)14(23)24)7-31-6-11-4-2-1-3-5-11/h1-5,12-14H,6-10H2. The molecule has 1 aromatic carbocycles. The number of benzene rings is 1. The van der Waals surface area contributed by atoms with Gasteiger partial charge in [-0.15, -0.1) is 0 Å². The number of alkyl halides is 12. The van der Waals surface area contributed by atoms with Crippen molar-refractivity contribution in [2.75, 3.05) is 26.4 Å². The van der Waals surface area contributed by atoms with E-state index >= 15 is 0 Å². The molecule has 0 saturated heterocycles. The van der Waals surface area contributed by atoms with Crippen molar-refractivity contribution in [2.45, 2.75) is 44.2 Å². The Morgan fingerprint density at radius 1 is 0.559 bits per heavy atom. The Balaban J connectivity index is 3.19. The Morgan fingerprint density at radius 3 is 1.24 bits per heavy atom. The van der Waals surface area contributed by atoms with Gasteiger partial charge in [-0.05, 0) is 5.56 Å². The van der Waals surface area contributed by atoms with Crippen molar-refractivity contribution in [1.82, 2.24) is 0 Å². The molecule has 1 aromatic rings. The zero-order chi connectivity index (χ0) is 26.2. The van der Waals surface area contributed by atoms with Gasteiger partial charge in [0.15, 0.2) is 0 Å². The molecule has 0 aliphatic heterocycles. The summed E-state index contributed by atoms with van der Waals surface area (Å²) in [7, 11) is 0. The predicted octanol–water partition coefficient (Wildman–Crippen LogP) is 5.81. The Bertz CT molecular complexity index is 658. The molecule has 0 unspecified atom stereocenters. The zero-order valence-electron chi connectivity index (χ0n) is 16.8. The van der Waals surface area contributed by atoms with Crippen molar-refractivity contribution in [3.05, 3.63) is 35.9 Å². The van der Waals surface area contributed by atoms with Crippen LogP contribution in [0, 0.1) is 5.41 Å². The maximum atomic E-state index is 13.2. The van der Waals surface area contributed by atoms with E-state index in [0.717, 1.165) is 0 Å². The molecule has 0 spiro atoms. The van der Waals surface area contributed by atoms with Crippen LogP contribution in [0.15, 0.2) is 30.3 Å². The Hall–Kier alpha value is -1.78. The highest BCUT2D eigenvalue weighted by Gasteiger charge is 2.51. The molecule has 0 aliphatic rings. The number of halogens is 12. The van der Waals surface area contributed by atoms with E-state index in [1.54, 1.807) is 6.07 Å². The van der Waals surface area contributed by atoms with Crippen LogP contribution in [0.4, 0.5) is 52.7 Å².